The van der Waals surface area contributed by atoms with Crippen LogP contribution in [0.15, 0.2) is 70.2 Å². The topological polar surface area (TPSA) is 85.6 Å². The number of benzene rings is 2. The Morgan fingerprint density at radius 2 is 1.65 bits per heavy atom. The number of hydrogen-bond donors (Lipinski definition) is 1. The van der Waals surface area contributed by atoms with E-state index in [1.165, 1.54) is 54.8 Å². The molecule has 0 atom stereocenters. The van der Waals surface area contributed by atoms with Gasteiger partial charge in [0.2, 0.25) is 0 Å². The van der Waals surface area contributed by atoms with Gasteiger partial charge in [-0.3, -0.25) is 4.79 Å². The van der Waals surface area contributed by atoms with Crippen molar-refractivity contribution in [3.05, 3.63) is 76.7 Å². The molecule has 0 spiro atoms. The minimum Gasteiger partial charge on any atom is -0.459 e. The summed E-state index contributed by atoms with van der Waals surface area (Å²) in [6.07, 6.45) is 1.39. The summed E-state index contributed by atoms with van der Waals surface area (Å²) in [7, 11) is -4.10. The van der Waals surface area contributed by atoms with E-state index in [9.17, 15) is 13.2 Å². The molecule has 3 aromatic rings. The van der Waals surface area contributed by atoms with E-state index in [0.29, 0.717) is 5.69 Å². The lowest BCUT2D eigenvalue weighted by Crippen LogP contribution is -2.11. The lowest BCUT2D eigenvalue weighted by atomic mass is 10.3. The minimum atomic E-state index is -4.10. The molecule has 9 heteroatoms. The van der Waals surface area contributed by atoms with Crippen molar-refractivity contribution in [2.75, 3.05) is 5.32 Å². The molecule has 1 aromatic heterocycles. The van der Waals surface area contributed by atoms with Crippen LogP contribution in [0, 0.1) is 0 Å². The van der Waals surface area contributed by atoms with Gasteiger partial charge in [0.25, 0.3) is 5.91 Å². The maximum atomic E-state index is 12.3. The highest BCUT2D eigenvalue weighted by Gasteiger charge is 2.18. The standard InChI is InChI=1S/C17H11Cl2NO5S/c18-11-8-12(19)10-15(9-11)26(22,23)25-14-5-3-13(4-6-14)20-17(21)16-2-1-7-24-16/h1-10H,(H,20,21). The maximum Gasteiger partial charge on any atom is 0.339 e. The van der Waals surface area contributed by atoms with Gasteiger partial charge in [0.05, 0.1) is 6.26 Å². The number of carbonyl (C=O) groups excluding carboxylic acids is 1. The second kappa shape index (κ2) is 7.41. The lowest BCUT2D eigenvalue weighted by Gasteiger charge is -2.09. The largest absolute Gasteiger partial charge is 0.459 e. The summed E-state index contributed by atoms with van der Waals surface area (Å²) in [5.74, 6) is -0.201. The van der Waals surface area contributed by atoms with Gasteiger partial charge in [-0.25, -0.2) is 0 Å². The molecule has 6 nitrogen and oxygen atoms in total. The molecular weight excluding hydrogens is 401 g/mol. The number of hydrogen-bond acceptors (Lipinski definition) is 5. The van der Waals surface area contributed by atoms with Gasteiger partial charge in [-0.15, -0.1) is 0 Å². The van der Waals surface area contributed by atoms with Crippen LogP contribution in [0.4, 0.5) is 5.69 Å². The van der Waals surface area contributed by atoms with Crippen molar-refractivity contribution in [3.8, 4) is 5.75 Å². The van der Waals surface area contributed by atoms with Crippen LogP contribution >= 0.6 is 23.2 Å². The van der Waals surface area contributed by atoms with Crippen molar-refractivity contribution < 1.29 is 21.8 Å². The zero-order valence-electron chi connectivity index (χ0n) is 13.0. The SMILES string of the molecule is O=C(Nc1ccc(OS(=O)(=O)c2cc(Cl)cc(Cl)c2)cc1)c1ccco1. The molecule has 3 rings (SSSR count). The van der Waals surface area contributed by atoms with Crippen molar-refractivity contribution in [1.82, 2.24) is 0 Å². The third kappa shape index (κ3) is 4.37. The average molecular weight is 412 g/mol. The van der Waals surface area contributed by atoms with E-state index in [1.807, 2.05) is 0 Å². The predicted molar refractivity (Wildman–Crippen MR) is 97.4 cm³/mol. The Bertz CT molecular complexity index is 1010. The van der Waals surface area contributed by atoms with Gasteiger partial charge in [0.1, 0.15) is 10.6 Å². The van der Waals surface area contributed by atoms with Crippen molar-refractivity contribution in [2.45, 2.75) is 4.90 Å². The molecule has 1 heterocycles. The fourth-order valence-electron chi connectivity index (χ4n) is 2.04. The van der Waals surface area contributed by atoms with Crippen LogP contribution in [-0.2, 0) is 10.1 Å². The monoisotopic (exact) mass is 411 g/mol. The van der Waals surface area contributed by atoms with Gasteiger partial charge in [0.15, 0.2) is 5.76 Å². The highest BCUT2D eigenvalue weighted by Crippen LogP contribution is 2.26. The molecular formula is C17H11Cl2NO5S. The normalized spacial score (nSPS) is 11.2. The van der Waals surface area contributed by atoms with Crippen molar-refractivity contribution >= 4 is 44.9 Å². The van der Waals surface area contributed by atoms with Crippen LogP contribution < -0.4 is 9.50 Å². The van der Waals surface area contributed by atoms with Crippen molar-refractivity contribution in [1.29, 1.82) is 0 Å². The molecule has 0 saturated carbocycles. The molecule has 0 bridgehead atoms. The van der Waals surface area contributed by atoms with Crippen LogP contribution in [0.5, 0.6) is 5.75 Å². The summed E-state index contributed by atoms with van der Waals surface area (Å²) >= 11 is 11.6. The van der Waals surface area contributed by atoms with E-state index in [0.717, 1.165) is 0 Å². The first-order valence-electron chi connectivity index (χ1n) is 7.19. The number of nitrogens with one attached hydrogen (secondary N) is 1. The van der Waals surface area contributed by atoms with Crippen LogP contribution in [0.2, 0.25) is 10.0 Å². The van der Waals surface area contributed by atoms with Gasteiger partial charge in [-0.05, 0) is 54.6 Å². The Kier molecular flexibility index (Phi) is 5.22. The fraction of sp³-hybridized carbons (Fsp3) is 0. The summed E-state index contributed by atoms with van der Waals surface area (Å²) in [6, 6.07) is 12.8. The van der Waals surface area contributed by atoms with Crippen molar-refractivity contribution in [2.24, 2.45) is 0 Å². The van der Waals surface area contributed by atoms with E-state index in [-0.39, 0.29) is 26.5 Å². The summed E-state index contributed by atoms with van der Waals surface area (Å²) in [4.78, 5) is 11.7. The third-order valence-electron chi connectivity index (χ3n) is 3.19. The quantitative estimate of drug-likeness (QED) is 0.619. The van der Waals surface area contributed by atoms with Gasteiger partial charge in [0, 0.05) is 15.7 Å². The molecule has 0 radical (unpaired) electrons. The second-order valence-electron chi connectivity index (χ2n) is 5.10. The number of halogens is 2. The molecule has 1 N–H and O–H groups in total. The highest BCUT2D eigenvalue weighted by atomic mass is 35.5. The summed E-state index contributed by atoms with van der Waals surface area (Å²) in [6.45, 7) is 0. The molecule has 0 unspecified atom stereocenters. The Balaban J connectivity index is 1.73. The van der Waals surface area contributed by atoms with Gasteiger partial charge < -0.3 is 13.9 Å². The highest BCUT2D eigenvalue weighted by molar-refractivity contribution is 7.87. The first-order chi connectivity index (χ1) is 12.3. The van der Waals surface area contributed by atoms with Crippen LogP contribution in [-0.4, -0.2) is 14.3 Å². The Labute approximate surface area is 159 Å². The molecule has 0 aliphatic heterocycles. The smallest absolute Gasteiger partial charge is 0.339 e. The number of furan rings is 1. The van der Waals surface area contributed by atoms with Gasteiger partial charge >= 0.3 is 10.1 Å². The first kappa shape index (κ1) is 18.3. The molecule has 0 aliphatic carbocycles. The first-order valence-corrected chi connectivity index (χ1v) is 9.35. The molecule has 0 saturated heterocycles. The number of rotatable bonds is 5. The number of amides is 1. The summed E-state index contributed by atoms with van der Waals surface area (Å²) in [5.41, 5.74) is 0.446. The maximum absolute atomic E-state index is 12.3. The molecule has 0 aliphatic rings. The molecule has 26 heavy (non-hydrogen) atoms. The minimum absolute atomic E-state index is 0.0668. The number of anilines is 1. The van der Waals surface area contributed by atoms with E-state index < -0.39 is 16.0 Å². The van der Waals surface area contributed by atoms with Gasteiger partial charge in [-0.2, -0.15) is 8.42 Å². The Morgan fingerprint density at radius 1 is 1.00 bits per heavy atom. The van der Waals surface area contributed by atoms with Crippen LogP contribution in [0.25, 0.3) is 0 Å². The van der Waals surface area contributed by atoms with E-state index in [4.69, 9.17) is 31.8 Å². The van der Waals surface area contributed by atoms with E-state index in [2.05, 4.69) is 5.32 Å². The molecule has 134 valence electrons. The molecule has 2 aromatic carbocycles. The second-order valence-corrected chi connectivity index (χ2v) is 7.52. The zero-order valence-corrected chi connectivity index (χ0v) is 15.3. The molecule has 1 amide bonds. The molecule has 0 fully saturated rings. The fourth-order valence-corrected chi connectivity index (χ4v) is 3.70. The van der Waals surface area contributed by atoms with E-state index in [1.54, 1.807) is 6.07 Å². The zero-order chi connectivity index (χ0) is 18.7. The van der Waals surface area contributed by atoms with Crippen LogP contribution in [0.1, 0.15) is 10.6 Å². The van der Waals surface area contributed by atoms with Crippen LogP contribution in [0.3, 0.4) is 0 Å². The third-order valence-corrected chi connectivity index (χ3v) is 4.85. The predicted octanol–water partition coefficient (Wildman–Crippen LogP) is 4.61. The van der Waals surface area contributed by atoms with Gasteiger partial charge in [-0.1, -0.05) is 23.2 Å². The Morgan fingerprint density at radius 3 is 2.23 bits per heavy atom. The summed E-state index contributed by atoms with van der Waals surface area (Å²) in [5, 5.41) is 2.96. The Hall–Kier alpha value is -2.48. The van der Waals surface area contributed by atoms with Crippen molar-refractivity contribution in [3.63, 3.8) is 0 Å². The number of carbonyl (C=O) groups is 1. The average Bonchev–Trinajstić information content (AvgIpc) is 3.10. The summed E-state index contributed by atoms with van der Waals surface area (Å²) < 4.78 is 34.6. The lowest BCUT2D eigenvalue weighted by molar-refractivity contribution is 0.0996. The van der Waals surface area contributed by atoms with E-state index >= 15 is 0 Å².